The van der Waals surface area contributed by atoms with E-state index in [-0.39, 0.29) is 12.4 Å². The Labute approximate surface area is 207 Å². The number of nitrogens with one attached hydrogen (secondary N) is 1. The van der Waals surface area contributed by atoms with Crippen molar-refractivity contribution >= 4 is 34.7 Å². The summed E-state index contributed by atoms with van der Waals surface area (Å²) in [7, 11) is 0. The number of ketones is 1. The number of benzene rings is 2. The highest BCUT2D eigenvalue weighted by atomic mass is 35.5. The number of hydrogen-bond donors (Lipinski definition) is 1. The molecule has 0 radical (unpaired) electrons. The number of Topliss-reactive ketones (excluding diaryl/α,β-unsaturated/α-hetero) is 1. The van der Waals surface area contributed by atoms with Gasteiger partial charge in [-0.3, -0.25) is 4.79 Å². The molecule has 0 amide bonds. The summed E-state index contributed by atoms with van der Waals surface area (Å²) < 4.78 is 5.70. The van der Waals surface area contributed by atoms with Crippen LogP contribution in [-0.4, -0.2) is 16.7 Å². The van der Waals surface area contributed by atoms with Crippen molar-refractivity contribution in [1.82, 2.24) is 10.3 Å². The smallest absolute Gasteiger partial charge is 0.337 e. The second-order valence-corrected chi connectivity index (χ2v) is 9.71. The lowest BCUT2D eigenvalue weighted by Gasteiger charge is -2.33. The van der Waals surface area contributed by atoms with E-state index >= 15 is 0 Å². The Morgan fingerprint density at radius 3 is 2.68 bits per heavy atom. The lowest BCUT2D eigenvalue weighted by atomic mass is 9.77. The van der Waals surface area contributed by atoms with E-state index in [1.54, 1.807) is 0 Å². The van der Waals surface area contributed by atoms with E-state index in [4.69, 9.17) is 21.3 Å². The molecule has 1 aliphatic heterocycles. The molecule has 5 rings (SSSR count). The van der Waals surface area contributed by atoms with Crippen LogP contribution in [0.3, 0.4) is 0 Å². The average Bonchev–Trinajstić information content (AvgIpc) is 3.33. The Balaban J connectivity index is 1.52. The Hall–Kier alpha value is -3.22. The molecule has 2 aromatic carbocycles. The molecular formula is C27H23ClN2O3S. The Bertz CT molecular complexity index is 1310. The number of nitrogens with zero attached hydrogens (tertiary/aromatic N) is 1. The Kier molecular flexibility index (Phi) is 6.35. The molecule has 5 nitrogen and oxygen atoms in total. The van der Waals surface area contributed by atoms with Gasteiger partial charge in [-0.15, -0.1) is 11.3 Å². The van der Waals surface area contributed by atoms with E-state index in [1.807, 2.05) is 66.9 Å². The quantitative estimate of drug-likeness (QED) is 0.433. The fourth-order valence-corrected chi connectivity index (χ4v) is 5.47. The minimum atomic E-state index is -0.551. The van der Waals surface area contributed by atoms with Gasteiger partial charge in [-0.2, -0.15) is 0 Å². The summed E-state index contributed by atoms with van der Waals surface area (Å²) in [5, 5.41) is 6.72. The number of allylic oxidation sites excluding steroid dienone is 3. The van der Waals surface area contributed by atoms with E-state index in [1.165, 1.54) is 11.3 Å². The molecule has 0 spiro atoms. The van der Waals surface area contributed by atoms with E-state index in [0.717, 1.165) is 34.7 Å². The van der Waals surface area contributed by atoms with Crippen LogP contribution in [0.2, 0.25) is 5.02 Å². The molecule has 0 saturated carbocycles. The number of ether oxygens (including phenoxy) is 1. The minimum Gasteiger partial charge on any atom is -0.457 e. The number of esters is 1. The van der Waals surface area contributed by atoms with Crippen molar-refractivity contribution in [2.45, 2.75) is 38.7 Å². The number of dihydropyridines is 1. The van der Waals surface area contributed by atoms with Crippen molar-refractivity contribution in [3.05, 3.63) is 98.8 Å². The van der Waals surface area contributed by atoms with Gasteiger partial charge in [0.2, 0.25) is 0 Å². The van der Waals surface area contributed by atoms with Gasteiger partial charge >= 0.3 is 5.97 Å². The molecule has 34 heavy (non-hydrogen) atoms. The van der Waals surface area contributed by atoms with Gasteiger partial charge in [-0.25, -0.2) is 9.78 Å². The SMILES string of the molecule is CC1=C(C(=O)OCc2ccccc2)C(c2csc(-c3ccc(Cl)cc3)n2)C2=C(CCCC2=O)N1. The largest absolute Gasteiger partial charge is 0.457 e. The fourth-order valence-electron chi connectivity index (χ4n) is 4.49. The van der Waals surface area contributed by atoms with Crippen molar-refractivity contribution in [2.75, 3.05) is 0 Å². The normalized spacial score (nSPS) is 17.9. The van der Waals surface area contributed by atoms with Crippen molar-refractivity contribution < 1.29 is 14.3 Å². The number of hydrogen-bond acceptors (Lipinski definition) is 6. The van der Waals surface area contributed by atoms with Crippen LogP contribution >= 0.6 is 22.9 Å². The van der Waals surface area contributed by atoms with Crippen LogP contribution in [-0.2, 0) is 20.9 Å². The van der Waals surface area contributed by atoms with Crippen LogP contribution < -0.4 is 5.32 Å². The predicted octanol–water partition coefficient (Wildman–Crippen LogP) is 6.17. The van der Waals surface area contributed by atoms with E-state index in [2.05, 4.69) is 5.32 Å². The Morgan fingerprint density at radius 1 is 1.15 bits per heavy atom. The van der Waals surface area contributed by atoms with Gasteiger partial charge in [-0.1, -0.05) is 54.1 Å². The molecule has 2 aliphatic rings. The average molecular weight is 491 g/mol. The molecule has 1 N–H and O–H groups in total. The zero-order valence-electron chi connectivity index (χ0n) is 18.6. The number of rotatable bonds is 5. The molecule has 0 fully saturated rings. The highest BCUT2D eigenvalue weighted by Crippen LogP contribution is 2.43. The first-order valence-corrected chi connectivity index (χ1v) is 12.4. The molecule has 0 saturated heterocycles. The van der Waals surface area contributed by atoms with Crippen LogP contribution in [0.4, 0.5) is 0 Å². The molecule has 1 aliphatic carbocycles. The van der Waals surface area contributed by atoms with Crippen LogP contribution in [0.25, 0.3) is 10.6 Å². The molecule has 0 bridgehead atoms. The third kappa shape index (κ3) is 4.43. The molecule has 1 unspecified atom stereocenters. The second kappa shape index (κ2) is 9.57. The van der Waals surface area contributed by atoms with Crippen LogP contribution in [0.15, 0.2) is 82.5 Å². The summed E-state index contributed by atoms with van der Waals surface area (Å²) in [6.07, 6.45) is 2.04. The zero-order chi connectivity index (χ0) is 23.7. The summed E-state index contributed by atoms with van der Waals surface area (Å²) in [6.45, 7) is 2.03. The summed E-state index contributed by atoms with van der Waals surface area (Å²) >= 11 is 7.52. The highest BCUT2D eigenvalue weighted by Gasteiger charge is 2.40. The number of carbonyl (C=O) groups is 2. The molecule has 3 aromatic rings. The van der Waals surface area contributed by atoms with Gasteiger partial charge in [0.25, 0.3) is 0 Å². The monoisotopic (exact) mass is 490 g/mol. The lowest BCUT2D eigenvalue weighted by Crippen LogP contribution is -2.34. The topological polar surface area (TPSA) is 68.3 Å². The maximum absolute atomic E-state index is 13.4. The van der Waals surface area contributed by atoms with E-state index in [0.29, 0.717) is 34.0 Å². The zero-order valence-corrected chi connectivity index (χ0v) is 20.2. The first-order valence-electron chi connectivity index (χ1n) is 11.2. The van der Waals surface area contributed by atoms with Crippen LogP contribution in [0.5, 0.6) is 0 Å². The van der Waals surface area contributed by atoms with Gasteiger partial charge in [0.15, 0.2) is 5.78 Å². The van der Waals surface area contributed by atoms with Crippen molar-refractivity contribution in [3.63, 3.8) is 0 Å². The lowest BCUT2D eigenvalue weighted by molar-refractivity contribution is -0.140. The third-order valence-corrected chi connectivity index (χ3v) is 7.28. The van der Waals surface area contributed by atoms with Gasteiger partial charge in [0, 0.05) is 39.4 Å². The molecule has 172 valence electrons. The number of thiazole rings is 1. The third-order valence-electron chi connectivity index (χ3n) is 6.12. The maximum Gasteiger partial charge on any atom is 0.337 e. The van der Waals surface area contributed by atoms with Crippen molar-refractivity contribution in [3.8, 4) is 10.6 Å². The number of halogens is 1. The number of aromatic nitrogens is 1. The summed E-state index contributed by atoms with van der Waals surface area (Å²) in [6, 6.07) is 17.0. The molecule has 1 aromatic heterocycles. The fraction of sp³-hybridized carbons (Fsp3) is 0.222. The summed E-state index contributed by atoms with van der Waals surface area (Å²) in [5.41, 5.74) is 5.20. The highest BCUT2D eigenvalue weighted by molar-refractivity contribution is 7.13. The van der Waals surface area contributed by atoms with Gasteiger partial charge in [0.05, 0.1) is 17.2 Å². The maximum atomic E-state index is 13.4. The second-order valence-electron chi connectivity index (χ2n) is 8.41. The predicted molar refractivity (Wildman–Crippen MR) is 133 cm³/mol. The van der Waals surface area contributed by atoms with E-state index in [9.17, 15) is 9.59 Å². The number of carbonyl (C=O) groups excluding carboxylic acids is 2. The van der Waals surface area contributed by atoms with E-state index < -0.39 is 11.9 Å². The molecule has 1 atom stereocenters. The van der Waals surface area contributed by atoms with Crippen LogP contribution in [0, 0.1) is 0 Å². The molecule has 7 heteroatoms. The summed E-state index contributed by atoms with van der Waals surface area (Å²) in [4.78, 5) is 31.3. The first-order chi connectivity index (χ1) is 16.5. The van der Waals surface area contributed by atoms with Gasteiger partial charge in [-0.05, 0) is 37.5 Å². The standard InChI is InChI=1S/C27H23ClN2O3S/c1-16-23(27(32)33-14-17-6-3-2-4-7-17)25(24-20(29-16)8-5-9-22(24)31)21-15-34-26(30-21)18-10-12-19(28)13-11-18/h2-4,6-7,10-13,15,25,29H,5,8-9,14H2,1H3. The van der Waals surface area contributed by atoms with Crippen molar-refractivity contribution in [2.24, 2.45) is 0 Å². The van der Waals surface area contributed by atoms with Crippen LogP contribution in [0.1, 0.15) is 43.4 Å². The van der Waals surface area contributed by atoms with Crippen molar-refractivity contribution in [1.29, 1.82) is 0 Å². The molecule has 2 heterocycles. The Morgan fingerprint density at radius 2 is 1.91 bits per heavy atom. The minimum absolute atomic E-state index is 0.0562. The van der Waals surface area contributed by atoms with Gasteiger partial charge in [0.1, 0.15) is 11.6 Å². The van der Waals surface area contributed by atoms with Gasteiger partial charge < -0.3 is 10.1 Å². The summed E-state index contributed by atoms with van der Waals surface area (Å²) in [5.74, 6) is -0.935. The first kappa shape index (κ1) is 22.6. The molecular weight excluding hydrogens is 468 g/mol.